The molecule has 0 radical (unpaired) electrons. The number of nitrogens with one attached hydrogen (secondary N) is 4. The SMILES string of the molecule is CC(C)[C@H](NC(=O)N[C@H](C(=O)N1CC2C([C@H]1C(=O)NC(CC(F)F)C(=O)NCCc1ccccc1)C2(C)C)C(C)(C)C)C(=O)OC(C)(C)C. The number of urea groups is 1. The van der Waals surface area contributed by atoms with Gasteiger partial charge < -0.3 is 30.9 Å². The molecule has 4 N–H and O–H groups in total. The molecular weight excluding hydrogens is 636 g/mol. The van der Waals surface area contributed by atoms with E-state index in [1.165, 1.54) is 4.90 Å². The van der Waals surface area contributed by atoms with Crippen molar-refractivity contribution in [3.8, 4) is 0 Å². The number of ether oxygens (including phenoxy) is 1. The molecule has 2 aliphatic rings. The molecule has 3 unspecified atom stereocenters. The van der Waals surface area contributed by atoms with Gasteiger partial charge in [0.05, 0.1) is 0 Å². The molecule has 1 saturated heterocycles. The number of hydrogen-bond acceptors (Lipinski definition) is 6. The van der Waals surface area contributed by atoms with Crippen molar-refractivity contribution in [3.63, 3.8) is 0 Å². The van der Waals surface area contributed by atoms with Crippen molar-refractivity contribution in [2.45, 2.75) is 118 Å². The van der Waals surface area contributed by atoms with Crippen LogP contribution in [0.5, 0.6) is 0 Å². The Morgan fingerprint density at radius 2 is 1.57 bits per heavy atom. The molecule has 13 heteroatoms. The maximum atomic E-state index is 14.2. The van der Waals surface area contributed by atoms with E-state index < -0.39 is 77.8 Å². The number of carbonyl (C=O) groups is 5. The van der Waals surface area contributed by atoms with E-state index in [2.05, 4.69) is 21.3 Å². The lowest BCUT2D eigenvalue weighted by atomic mass is 9.85. The third-order valence-electron chi connectivity index (χ3n) is 9.37. The van der Waals surface area contributed by atoms with Crippen LogP contribution < -0.4 is 21.3 Å². The van der Waals surface area contributed by atoms with Gasteiger partial charge in [-0.05, 0) is 61.3 Å². The second-order valence-corrected chi connectivity index (χ2v) is 16.3. The number of benzene rings is 1. The standard InChI is InChI=1S/C36H55F2N5O6/c1-20(2)26(32(47)49-35(6,7)8)41-33(48)42-28(34(3,4)5)31(46)43-19-22-25(36(22,9)10)27(43)30(45)40-23(18-24(37)38)29(44)39-17-16-21-14-12-11-13-15-21/h11-15,20,22-28H,16-19H2,1-10H3,(H,39,44)(H,40,45)(H2,41,42,48)/t22?,23?,25?,26-,27-,28+/m0/s1. The number of fused-ring (bicyclic) bond motifs is 1. The molecule has 1 heterocycles. The van der Waals surface area contributed by atoms with Crippen LogP contribution in [0, 0.1) is 28.6 Å². The molecule has 6 atom stereocenters. The summed E-state index contributed by atoms with van der Waals surface area (Å²) < 4.78 is 32.7. The van der Waals surface area contributed by atoms with Crippen molar-refractivity contribution < 1.29 is 37.5 Å². The van der Waals surface area contributed by atoms with Crippen LogP contribution in [0.4, 0.5) is 13.6 Å². The highest BCUT2D eigenvalue weighted by Gasteiger charge is 2.70. The number of carbonyl (C=O) groups excluding carboxylic acids is 5. The molecule has 274 valence electrons. The first-order valence-electron chi connectivity index (χ1n) is 17.0. The van der Waals surface area contributed by atoms with E-state index in [1.807, 2.05) is 44.2 Å². The average Bonchev–Trinajstić information content (AvgIpc) is 3.28. The van der Waals surface area contributed by atoms with Gasteiger partial charge in [0.15, 0.2) is 0 Å². The molecule has 0 aromatic heterocycles. The normalized spacial score (nSPS) is 21.7. The summed E-state index contributed by atoms with van der Waals surface area (Å²) in [7, 11) is 0. The van der Waals surface area contributed by atoms with Crippen LogP contribution >= 0.6 is 0 Å². The fourth-order valence-electron chi connectivity index (χ4n) is 6.57. The highest BCUT2D eigenvalue weighted by atomic mass is 19.3. The van der Waals surface area contributed by atoms with Crippen LogP contribution in [-0.2, 0) is 30.3 Å². The second-order valence-electron chi connectivity index (χ2n) is 16.3. The third-order valence-corrected chi connectivity index (χ3v) is 9.37. The lowest BCUT2D eigenvalue weighted by Gasteiger charge is -2.38. The van der Waals surface area contributed by atoms with Crippen molar-refractivity contribution in [2.24, 2.45) is 28.6 Å². The Morgan fingerprint density at radius 1 is 0.959 bits per heavy atom. The Labute approximate surface area is 289 Å². The van der Waals surface area contributed by atoms with Gasteiger partial charge >= 0.3 is 12.0 Å². The maximum Gasteiger partial charge on any atom is 0.329 e. The molecule has 11 nitrogen and oxygen atoms in total. The molecule has 1 aromatic carbocycles. The predicted octanol–water partition coefficient (Wildman–Crippen LogP) is 4.05. The Hall–Kier alpha value is -3.77. The van der Waals surface area contributed by atoms with E-state index in [9.17, 15) is 32.8 Å². The summed E-state index contributed by atoms with van der Waals surface area (Å²) in [6, 6.07) is 3.94. The van der Waals surface area contributed by atoms with Crippen molar-refractivity contribution >= 4 is 29.7 Å². The summed E-state index contributed by atoms with van der Waals surface area (Å²) in [5.41, 5.74) is -0.939. The minimum absolute atomic E-state index is 0.0348. The van der Waals surface area contributed by atoms with Crippen LogP contribution in [0.25, 0.3) is 0 Å². The van der Waals surface area contributed by atoms with Gasteiger partial charge in [-0.3, -0.25) is 14.4 Å². The van der Waals surface area contributed by atoms with Gasteiger partial charge in [0, 0.05) is 19.5 Å². The lowest BCUT2D eigenvalue weighted by molar-refractivity contribution is -0.158. The molecule has 3 rings (SSSR count). The lowest BCUT2D eigenvalue weighted by Crippen LogP contribution is -2.62. The molecule has 5 amide bonds. The van der Waals surface area contributed by atoms with Crippen LogP contribution in [0.2, 0.25) is 0 Å². The number of nitrogens with zero attached hydrogens (tertiary/aromatic N) is 1. The number of alkyl halides is 2. The number of amides is 5. The Morgan fingerprint density at radius 3 is 2.10 bits per heavy atom. The monoisotopic (exact) mass is 691 g/mol. The zero-order valence-corrected chi connectivity index (χ0v) is 30.5. The van der Waals surface area contributed by atoms with E-state index in [0.717, 1.165) is 5.56 Å². The molecule has 1 aliphatic heterocycles. The fraction of sp³-hybridized carbons (Fsp3) is 0.694. The Balaban J connectivity index is 1.78. The summed E-state index contributed by atoms with van der Waals surface area (Å²) >= 11 is 0. The zero-order valence-electron chi connectivity index (χ0n) is 30.5. The number of likely N-dealkylation sites (tertiary alicyclic amines) is 1. The molecule has 0 bridgehead atoms. The van der Waals surface area contributed by atoms with Gasteiger partial charge in [-0.2, -0.15) is 0 Å². The van der Waals surface area contributed by atoms with Crippen molar-refractivity contribution in [2.75, 3.05) is 13.1 Å². The minimum atomic E-state index is -2.86. The summed E-state index contributed by atoms with van der Waals surface area (Å²) in [5, 5.41) is 10.6. The first-order valence-corrected chi connectivity index (χ1v) is 17.0. The van der Waals surface area contributed by atoms with E-state index >= 15 is 0 Å². The highest BCUT2D eigenvalue weighted by Crippen LogP contribution is 2.65. The summed E-state index contributed by atoms with van der Waals surface area (Å²) in [6.07, 6.45) is -3.27. The van der Waals surface area contributed by atoms with Crippen molar-refractivity contribution in [1.29, 1.82) is 0 Å². The topological polar surface area (TPSA) is 146 Å². The number of hydrogen-bond donors (Lipinski definition) is 4. The summed E-state index contributed by atoms with van der Waals surface area (Å²) in [4.78, 5) is 68.7. The molecule has 2 fully saturated rings. The van der Waals surface area contributed by atoms with E-state index in [4.69, 9.17) is 4.74 Å². The number of esters is 1. The molecule has 1 saturated carbocycles. The number of rotatable bonds is 13. The van der Waals surface area contributed by atoms with Gasteiger partial charge in [0.2, 0.25) is 24.1 Å². The molecule has 1 aliphatic carbocycles. The summed E-state index contributed by atoms with van der Waals surface area (Å²) in [6.45, 7) is 18.3. The predicted molar refractivity (Wildman–Crippen MR) is 181 cm³/mol. The number of piperidine rings is 1. The van der Waals surface area contributed by atoms with Gasteiger partial charge in [-0.25, -0.2) is 18.4 Å². The average molecular weight is 692 g/mol. The van der Waals surface area contributed by atoms with Gasteiger partial charge in [-0.1, -0.05) is 78.8 Å². The van der Waals surface area contributed by atoms with Crippen LogP contribution in [0.15, 0.2) is 30.3 Å². The molecule has 0 spiro atoms. The largest absolute Gasteiger partial charge is 0.458 e. The number of halogens is 2. The fourth-order valence-corrected chi connectivity index (χ4v) is 6.57. The van der Waals surface area contributed by atoms with Crippen molar-refractivity contribution in [1.82, 2.24) is 26.2 Å². The van der Waals surface area contributed by atoms with Gasteiger partial charge in [0.25, 0.3) is 0 Å². The first kappa shape index (κ1) is 39.7. The van der Waals surface area contributed by atoms with Crippen LogP contribution in [0.1, 0.15) is 81.2 Å². The van der Waals surface area contributed by atoms with E-state index in [1.54, 1.807) is 55.4 Å². The maximum absolute atomic E-state index is 14.2. The van der Waals surface area contributed by atoms with E-state index in [0.29, 0.717) is 6.42 Å². The van der Waals surface area contributed by atoms with Gasteiger partial charge in [0.1, 0.15) is 29.8 Å². The third kappa shape index (κ3) is 10.4. The minimum Gasteiger partial charge on any atom is -0.458 e. The Bertz CT molecular complexity index is 1360. The Kier molecular flexibility index (Phi) is 12.5. The summed E-state index contributed by atoms with van der Waals surface area (Å²) in [5.74, 6) is -3.19. The molecule has 49 heavy (non-hydrogen) atoms. The first-order chi connectivity index (χ1) is 22.5. The molecular formula is C36H55F2N5O6. The second kappa shape index (κ2) is 15.4. The van der Waals surface area contributed by atoms with E-state index in [-0.39, 0.29) is 36.3 Å². The van der Waals surface area contributed by atoms with Crippen LogP contribution in [0.3, 0.4) is 0 Å². The molecule has 1 aromatic rings. The smallest absolute Gasteiger partial charge is 0.329 e. The van der Waals surface area contributed by atoms with Gasteiger partial charge in [-0.15, -0.1) is 0 Å². The highest BCUT2D eigenvalue weighted by molar-refractivity contribution is 5.96. The zero-order chi connectivity index (χ0) is 37.1. The quantitative estimate of drug-likeness (QED) is 0.230. The van der Waals surface area contributed by atoms with Crippen LogP contribution in [-0.4, -0.2) is 83.9 Å². The van der Waals surface area contributed by atoms with Crippen molar-refractivity contribution in [3.05, 3.63) is 35.9 Å².